The lowest BCUT2D eigenvalue weighted by atomic mass is 9.96. The number of amides is 2. The maximum absolute atomic E-state index is 11.9. The number of imide groups is 1. The molecule has 1 aromatic heterocycles. The smallest absolute Gasteiger partial charge is 0.251 e. The van der Waals surface area contributed by atoms with E-state index in [-0.39, 0.29) is 23.7 Å². The second-order valence-corrected chi connectivity index (χ2v) is 6.15. The lowest BCUT2D eigenvalue weighted by Gasteiger charge is -2.20. The first-order valence-corrected chi connectivity index (χ1v) is 6.86. The van der Waals surface area contributed by atoms with Gasteiger partial charge < -0.3 is 10.6 Å². The molecule has 1 aliphatic rings. The molecular formula is C14H21N5O2. The summed E-state index contributed by atoms with van der Waals surface area (Å²) in [6.07, 6.45) is 0.152. The predicted octanol–water partition coefficient (Wildman–Crippen LogP) is 0.985. The molecule has 0 radical (unpaired) electrons. The molecule has 2 heterocycles. The summed E-state index contributed by atoms with van der Waals surface area (Å²) in [5, 5.41) is 6.02. The summed E-state index contributed by atoms with van der Waals surface area (Å²) < 4.78 is 0. The lowest BCUT2D eigenvalue weighted by molar-refractivity contribution is -0.136. The van der Waals surface area contributed by atoms with Crippen LogP contribution in [-0.2, 0) is 15.0 Å². The fraction of sp³-hybridized carbons (Fsp3) is 0.571. The van der Waals surface area contributed by atoms with E-state index in [1.807, 2.05) is 20.8 Å². The Morgan fingerprint density at radius 1 is 1.24 bits per heavy atom. The Labute approximate surface area is 124 Å². The van der Waals surface area contributed by atoms with Gasteiger partial charge >= 0.3 is 0 Å². The van der Waals surface area contributed by atoms with Crippen molar-refractivity contribution in [3.05, 3.63) is 11.9 Å². The number of nitrogens with zero attached hydrogens (tertiary/aromatic N) is 3. The molecule has 7 heteroatoms. The van der Waals surface area contributed by atoms with E-state index < -0.39 is 6.04 Å². The minimum atomic E-state index is -0.560. The van der Waals surface area contributed by atoms with Crippen LogP contribution in [0.5, 0.6) is 0 Å². The van der Waals surface area contributed by atoms with Crippen molar-refractivity contribution in [2.45, 2.75) is 38.6 Å². The third-order valence-electron chi connectivity index (χ3n) is 3.36. The van der Waals surface area contributed by atoms with Crippen LogP contribution in [0.1, 0.15) is 33.0 Å². The van der Waals surface area contributed by atoms with Crippen LogP contribution in [0.3, 0.4) is 0 Å². The Morgan fingerprint density at radius 3 is 2.33 bits per heavy atom. The number of aromatic nitrogens is 2. The lowest BCUT2D eigenvalue weighted by Crippen LogP contribution is -2.32. The van der Waals surface area contributed by atoms with Crippen LogP contribution >= 0.6 is 0 Å². The third-order valence-corrected chi connectivity index (χ3v) is 3.36. The molecule has 1 atom stereocenters. The Bertz CT molecular complexity index is 579. The van der Waals surface area contributed by atoms with Crippen molar-refractivity contribution in [2.24, 2.45) is 0 Å². The Balaban J connectivity index is 2.28. The molecule has 0 spiro atoms. The van der Waals surface area contributed by atoms with Gasteiger partial charge in [0.25, 0.3) is 5.91 Å². The molecule has 1 aliphatic heterocycles. The highest BCUT2D eigenvalue weighted by Crippen LogP contribution is 2.23. The van der Waals surface area contributed by atoms with E-state index in [1.165, 1.54) is 7.05 Å². The molecular weight excluding hydrogens is 270 g/mol. The topological polar surface area (TPSA) is 87.2 Å². The Morgan fingerprint density at radius 2 is 1.86 bits per heavy atom. The fourth-order valence-corrected chi connectivity index (χ4v) is 2.03. The quantitative estimate of drug-likeness (QED) is 0.807. The van der Waals surface area contributed by atoms with Gasteiger partial charge in [0.2, 0.25) is 5.91 Å². The minimum Gasteiger partial charge on any atom is -0.373 e. The van der Waals surface area contributed by atoms with Crippen molar-refractivity contribution < 1.29 is 9.59 Å². The molecule has 2 N–H and O–H groups in total. The van der Waals surface area contributed by atoms with Gasteiger partial charge in [-0.25, -0.2) is 9.97 Å². The van der Waals surface area contributed by atoms with Crippen LogP contribution in [0.4, 0.5) is 11.6 Å². The molecule has 2 amide bonds. The van der Waals surface area contributed by atoms with Crippen molar-refractivity contribution in [3.63, 3.8) is 0 Å². The fourth-order valence-electron chi connectivity index (χ4n) is 2.03. The maximum Gasteiger partial charge on any atom is 0.251 e. The van der Waals surface area contributed by atoms with Crippen LogP contribution in [0, 0.1) is 0 Å². The summed E-state index contributed by atoms with van der Waals surface area (Å²) in [5.74, 6) is 1.46. The monoisotopic (exact) mass is 291 g/mol. The van der Waals surface area contributed by atoms with Crippen LogP contribution in [0.25, 0.3) is 0 Å². The number of rotatable bonds is 3. The third kappa shape index (κ3) is 3.12. The molecule has 21 heavy (non-hydrogen) atoms. The number of likely N-dealkylation sites (N-methyl/N-ethyl adjacent to an activating group) is 1. The van der Waals surface area contributed by atoms with Gasteiger partial charge in [0, 0.05) is 25.6 Å². The number of hydrogen-bond donors (Lipinski definition) is 2. The summed E-state index contributed by atoms with van der Waals surface area (Å²) in [4.78, 5) is 33.5. The highest BCUT2D eigenvalue weighted by atomic mass is 16.2. The standard InChI is InChI=1S/C14H21N5O2/c1-14(2,3)13-17-9(15-4)7-10(18-13)16-8-6-11(20)19(5)12(8)21/h7-8H,6H2,1-5H3,(H2,15,16,17,18). The van der Waals surface area contributed by atoms with Gasteiger partial charge in [0.1, 0.15) is 23.5 Å². The zero-order chi connectivity index (χ0) is 15.8. The van der Waals surface area contributed by atoms with Crippen LogP contribution in [0.2, 0.25) is 0 Å². The van der Waals surface area contributed by atoms with Crippen molar-refractivity contribution >= 4 is 23.5 Å². The Kier molecular flexibility index (Phi) is 3.85. The normalized spacial score (nSPS) is 19.1. The van der Waals surface area contributed by atoms with Gasteiger partial charge in [-0.2, -0.15) is 0 Å². The molecule has 2 rings (SSSR count). The van der Waals surface area contributed by atoms with Crippen molar-refractivity contribution in [1.82, 2.24) is 14.9 Å². The average Bonchev–Trinajstić information content (AvgIpc) is 2.65. The first-order chi connectivity index (χ1) is 9.72. The summed E-state index contributed by atoms with van der Waals surface area (Å²) in [6.45, 7) is 6.05. The molecule has 0 saturated carbocycles. The van der Waals surface area contributed by atoms with Gasteiger partial charge in [-0.05, 0) is 0 Å². The molecule has 1 unspecified atom stereocenters. The summed E-state index contributed by atoms with van der Waals surface area (Å²) in [6, 6.07) is 1.17. The van der Waals surface area contributed by atoms with E-state index in [9.17, 15) is 9.59 Å². The van der Waals surface area contributed by atoms with Crippen LogP contribution in [-0.4, -0.2) is 46.8 Å². The number of nitrogens with one attached hydrogen (secondary N) is 2. The van der Waals surface area contributed by atoms with Gasteiger partial charge in [-0.3, -0.25) is 14.5 Å². The second-order valence-electron chi connectivity index (χ2n) is 6.15. The van der Waals surface area contributed by atoms with Crippen molar-refractivity contribution in [3.8, 4) is 0 Å². The number of hydrogen-bond acceptors (Lipinski definition) is 6. The highest BCUT2D eigenvalue weighted by Gasteiger charge is 2.36. The first kappa shape index (κ1) is 15.2. The second kappa shape index (κ2) is 5.31. The zero-order valence-corrected chi connectivity index (χ0v) is 13.0. The highest BCUT2D eigenvalue weighted by molar-refractivity contribution is 6.06. The van der Waals surface area contributed by atoms with Crippen LogP contribution < -0.4 is 10.6 Å². The molecule has 114 valence electrons. The van der Waals surface area contributed by atoms with Gasteiger partial charge in [-0.1, -0.05) is 20.8 Å². The van der Waals surface area contributed by atoms with Crippen LogP contribution in [0.15, 0.2) is 6.07 Å². The van der Waals surface area contributed by atoms with Crippen molar-refractivity contribution in [1.29, 1.82) is 0 Å². The number of anilines is 2. The van der Waals surface area contributed by atoms with E-state index in [0.29, 0.717) is 17.5 Å². The Hall–Kier alpha value is -2.18. The largest absolute Gasteiger partial charge is 0.373 e. The maximum atomic E-state index is 11.9. The summed E-state index contributed by atoms with van der Waals surface area (Å²) >= 11 is 0. The number of carbonyl (C=O) groups is 2. The molecule has 1 fully saturated rings. The number of carbonyl (C=O) groups excluding carboxylic acids is 2. The zero-order valence-electron chi connectivity index (χ0n) is 13.0. The minimum absolute atomic E-state index is 0.152. The summed E-state index contributed by atoms with van der Waals surface area (Å²) in [7, 11) is 3.27. The van der Waals surface area contributed by atoms with Gasteiger partial charge in [0.05, 0.1) is 6.42 Å². The predicted molar refractivity (Wildman–Crippen MR) is 80.1 cm³/mol. The van der Waals surface area contributed by atoms with Gasteiger partial charge in [0.15, 0.2) is 0 Å². The molecule has 0 bridgehead atoms. The molecule has 1 aromatic rings. The van der Waals surface area contributed by atoms with E-state index >= 15 is 0 Å². The number of likely N-dealkylation sites (tertiary alicyclic amines) is 1. The molecule has 0 aliphatic carbocycles. The molecule has 1 saturated heterocycles. The van der Waals surface area contributed by atoms with Gasteiger partial charge in [-0.15, -0.1) is 0 Å². The van der Waals surface area contributed by atoms with E-state index in [1.54, 1.807) is 13.1 Å². The van der Waals surface area contributed by atoms with Crippen molar-refractivity contribution in [2.75, 3.05) is 24.7 Å². The van der Waals surface area contributed by atoms with E-state index in [0.717, 1.165) is 4.90 Å². The van der Waals surface area contributed by atoms with E-state index in [2.05, 4.69) is 20.6 Å². The SMILES string of the molecule is CNc1cc(NC2CC(=O)N(C)C2=O)nc(C(C)(C)C)n1. The van der Waals surface area contributed by atoms with E-state index in [4.69, 9.17) is 0 Å². The average molecular weight is 291 g/mol. The summed E-state index contributed by atoms with van der Waals surface area (Å²) in [5.41, 5.74) is -0.213. The molecule has 7 nitrogen and oxygen atoms in total. The molecule has 0 aromatic carbocycles. The first-order valence-electron chi connectivity index (χ1n) is 6.86.